The molecule has 1 aromatic carbocycles. The molecule has 1 aliphatic carbocycles. The second-order valence-corrected chi connectivity index (χ2v) is 8.63. The molecule has 0 aliphatic heterocycles. The van der Waals surface area contributed by atoms with Crippen LogP contribution in [0.2, 0.25) is 5.28 Å². The minimum Gasteiger partial charge on any atom is -0.493 e. The van der Waals surface area contributed by atoms with Gasteiger partial charge in [-0.25, -0.2) is 9.78 Å². The molecule has 3 aromatic rings. The second-order valence-electron chi connectivity index (χ2n) is 8.29. The minimum atomic E-state index is -0.437. The summed E-state index contributed by atoms with van der Waals surface area (Å²) >= 11 is 5.88. The van der Waals surface area contributed by atoms with Crippen molar-refractivity contribution in [2.45, 2.75) is 51.6 Å². The third-order valence-corrected chi connectivity index (χ3v) is 5.95. The Hall–Kier alpha value is -3.07. The first-order chi connectivity index (χ1) is 16.1. The number of fused-ring (bicyclic) bond motifs is 1. The number of nitrogens with one attached hydrogen (secondary N) is 1. The summed E-state index contributed by atoms with van der Waals surface area (Å²) < 4.78 is 13.1. The Balaban J connectivity index is 1.14. The summed E-state index contributed by atoms with van der Waals surface area (Å²) in [5, 5.41) is 2.88. The largest absolute Gasteiger partial charge is 0.493 e. The van der Waals surface area contributed by atoms with Crippen LogP contribution < -0.4 is 15.8 Å². The van der Waals surface area contributed by atoms with Gasteiger partial charge in [0.15, 0.2) is 11.5 Å². The van der Waals surface area contributed by atoms with Gasteiger partial charge in [-0.3, -0.25) is 0 Å². The topological polar surface area (TPSA) is 117 Å². The van der Waals surface area contributed by atoms with Crippen molar-refractivity contribution < 1.29 is 14.3 Å². The van der Waals surface area contributed by atoms with E-state index in [0.717, 1.165) is 24.3 Å². The number of anilines is 1. The number of nitrogen functional groups attached to an aromatic ring is 1. The quantitative estimate of drug-likeness (QED) is 0.333. The Kier molecular flexibility index (Phi) is 7.83. The summed E-state index contributed by atoms with van der Waals surface area (Å²) in [6.07, 6.45) is 7.82. The average molecular weight is 473 g/mol. The highest BCUT2D eigenvalue weighted by molar-refractivity contribution is 6.28. The van der Waals surface area contributed by atoms with Crippen molar-refractivity contribution in [2.24, 2.45) is 5.92 Å². The molecular weight excluding hydrogens is 444 g/mol. The predicted molar refractivity (Wildman–Crippen MR) is 126 cm³/mol. The number of hydrogen-bond donors (Lipinski definition) is 2. The molecule has 9 nitrogen and oxygen atoms in total. The number of amides is 1. The van der Waals surface area contributed by atoms with Crippen LogP contribution in [0.15, 0.2) is 30.6 Å². The van der Waals surface area contributed by atoms with Crippen molar-refractivity contribution in [3.63, 3.8) is 0 Å². The van der Waals surface area contributed by atoms with E-state index in [0.29, 0.717) is 43.2 Å². The van der Waals surface area contributed by atoms with E-state index in [2.05, 4.69) is 20.3 Å². The van der Waals surface area contributed by atoms with Crippen molar-refractivity contribution in [1.29, 1.82) is 0 Å². The molecule has 1 saturated carbocycles. The van der Waals surface area contributed by atoms with Crippen LogP contribution in [0.1, 0.15) is 44.1 Å². The summed E-state index contributed by atoms with van der Waals surface area (Å²) in [5.41, 5.74) is 7.92. The molecular formula is C23H29ClN6O3. The van der Waals surface area contributed by atoms with E-state index in [4.69, 9.17) is 26.8 Å². The minimum absolute atomic E-state index is 0.0904. The van der Waals surface area contributed by atoms with Crippen LogP contribution >= 0.6 is 11.6 Å². The third kappa shape index (κ3) is 6.47. The molecule has 0 unspecified atom stereocenters. The number of rotatable bonds is 10. The standard InChI is InChI=1S/C23H29ClN6O3/c24-22-28-20(25)19-21(29-22)30(15-27-19)10-3-4-11-32-23(31)26-13-17-8-5-9-18(12-17)33-14-16-6-1-2-7-16/h5,8-9,12,15-16H,1-4,6-7,10-11,13-14H2,(H,26,31)(H2,25,28,29). The normalized spacial score (nSPS) is 14.0. The number of unbranched alkanes of at least 4 members (excludes halogenated alkanes) is 1. The molecule has 0 bridgehead atoms. The zero-order valence-electron chi connectivity index (χ0n) is 18.5. The number of alkyl carbamates (subject to hydrolysis) is 1. The molecule has 1 amide bonds. The fourth-order valence-corrected chi connectivity index (χ4v) is 4.18. The summed E-state index contributed by atoms with van der Waals surface area (Å²) in [7, 11) is 0. The molecule has 2 heterocycles. The molecule has 10 heteroatoms. The summed E-state index contributed by atoms with van der Waals surface area (Å²) in [6.45, 7) is 2.13. The van der Waals surface area contributed by atoms with Crippen LogP contribution in [-0.4, -0.2) is 38.8 Å². The number of nitrogens with zero attached hydrogens (tertiary/aromatic N) is 4. The Morgan fingerprint density at radius 3 is 2.94 bits per heavy atom. The van der Waals surface area contributed by atoms with Gasteiger partial charge < -0.3 is 25.1 Å². The lowest BCUT2D eigenvalue weighted by Gasteiger charge is -2.12. The molecule has 0 atom stereocenters. The predicted octanol–water partition coefficient (Wildman–Crippen LogP) is 4.34. The van der Waals surface area contributed by atoms with Crippen molar-refractivity contribution >= 4 is 34.7 Å². The summed E-state index contributed by atoms with van der Waals surface area (Å²) in [5.74, 6) is 1.77. The molecule has 2 aromatic heterocycles. The summed E-state index contributed by atoms with van der Waals surface area (Å²) in [4.78, 5) is 24.3. The van der Waals surface area contributed by atoms with Gasteiger partial charge in [-0.1, -0.05) is 25.0 Å². The molecule has 1 aliphatic rings. The Morgan fingerprint density at radius 1 is 1.24 bits per heavy atom. The fourth-order valence-electron chi connectivity index (χ4n) is 4.01. The lowest BCUT2D eigenvalue weighted by molar-refractivity contribution is 0.143. The number of halogens is 1. The summed E-state index contributed by atoms with van der Waals surface area (Å²) in [6, 6.07) is 7.82. The number of aromatic nitrogens is 4. The van der Waals surface area contributed by atoms with E-state index in [1.165, 1.54) is 25.7 Å². The number of nitrogens with two attached hydrogens (primary N) is 1. The maximum Gasteiger partial charge on any atom is 0.407 e. The van der Waals surface area contributed by atoms with Crippen molar-refractivity contribution in [3.8, 4) is 5.75 Å². The maximum absolute atomic E-state index is 12.0. The highest BCUT2D eigenvalue weighted by atomic mass is 35.5. The first kappa shape index (κ1) is 23.1. The second kappa shape index (κ2) is 11.2. The van der Waals surface area contributed by atoms with Gasteiger partial charge in [-0.15, -0.1) is 0 Å². The van der Waals surface area contributed by atoms with Gasteiger partial charge in [-0.05, 0) is 60.9 Å². The van der Waals surface area contributed by atoms with Gasteiger partial charge in [0.25, 0.3) is 0 Å². The highest BCUT2D eigenvalue weighted by Crippen LogP contribution is 2.26. The number of benzene rings is 1. The van der Waals surface area contributed by atoms with Crippen LogP contribution in [0.3, 0.4) is 0 Å². The van der Waals surface area contributed by atoms with E-state index in [1.54, 1.807) is 6.33 Å². The average Bonchev–Trinajstić information content (AvgIpc) is 3.47. The molecule has 4 rings (SSSR count). The van der Waals surface area contributed by atoms with E-state index >= 15 is 0 Å². The molecule has 176 valence electrons. The fraction of sp³-hybridized carbons (Fsp3) is 0.478. The monoisotopic (exact) mass is 472 g/mol. The smallest absolute Gasteiger partial charge is 0.407 e. The number of ether oxygens (including phenoxy) is 2. The number of carbonyl (C=O) groups excluding carboxylic acids is 1. The van der Waals surface area contributed by atoms with E-state index in [9.17, 15) is 4.79 Å². The molecule has 3 N–H and O–H groups in total. The van der Waals surface area contributed by atoms with Gasteiger partial charge in [0, 0.05) is 13.1 Å². The third-order valence-electron chi connectivity index (χ3n) is 5.79. The molecule has 0 spiro atoms. The lowest BCUT2D eigenvalue weighted by atomic mass is 10.1. The number of carbonyl (C=O) groups is 1. The first-order valence-corrected chi connectivity index (χ1v) is 11.7. The SMILES string of the molecule is Nc1nc(Cl)nc2c1ncn2CCCCOC(=O)NCc1cccc(OCC2CCCC2)c1. The van der Waals surface area contributed by atoms with Crippen molar-refractivity contribution in [2.75, 3.05) is 18.9 Å². The van der Waals surface area contributed by atoms with E-state index in [1.807, 2.05) is 28.8 Å². The van der Waals surface area contributed by atoms with Crippen LogP contribution in [-0.2, 0) is 17.8 Å². The number of aryl methyl sites for hydroxylation is 1. The van der Waals surface area contributed by atoms with Gasteiger partial charge >= 0.3 is 6.09 Å². The van der Waals surface area contributed by atoms with E-state index in [-0.39, 0.29) is 11.1 Å². The van der Waals surface area contributed by atoms with Crippen LogP contribution in [0.25, 0.3) is 11.2 Å². The van der Waals surface area contributed by atoms with Gasteiger partial charge in [-0.2, -0.15) is 9.97 Å². The van der Waals surface area contributed by atoms with Crippen molar-refractivity contribution in [3.05, 3.63) is 41.4 Å². The van der Waals surface area contributed by atoms with Crippen LogP contribution in [0.4, 0.5) is 10.6 Å². The molecule has 33 heavy (non-hydrogen) atoms. The van der Waals surface area contributed by atoms with Crippen LogP contribution in [0, 0.1) is 5.92 Å². The molecule has 0 radical (unpaired) electrons. The zero-order valence-corrected chi connectivity index (χ0v) is 19.3. The Bertz CT molecular complexity index is 1080. The Labute approximate surface area is 197 Å². The molecule has 1 fully saturated rings. The molecule has 0 saturated heterocycles. The first-order valence-electron chi connectivity index (χ1n) is 11.3. The number of hydrogen-bond acceptors (Lipinski definition) is 7. The maximum atomic E-state index is 12.0. The number of imidazole rings is 1. The van der Waals surface area contributed by atoms with Crippen molar-refractivity contribution in [1.82, 2.24) is 24.8 Å². The van der Waals surface area contributed by atoms with Gasteiger partial charge in [0.1, 0.15) is 11.3 Å². The van der Waals surface area contributed by atoms with Gasteiger partial charge in [0.2, 0.25) is 5.28 Å². The van der Waals surface area contributed by atoms with E-state index < -0.39 is 6.09 Å². The van der Waals surface area contributed by atoms with Gasteiger partial charge in [0.05, 0.1) is 19.5 Å². The van der Waals surface area contributed by atoms with Crippen LogP contribution in [0.5, 0.6) is 5.75 Å². The zero-order chi connectivity index (χ0) is 23.0. The Morgan fingerprint density at radius 2 is 2.09 bits per heavy atom. The lowest BCUT2D eigenvalue weighted by Crippen LogP contribution is -2.24. The highest BCUT2D eigenvalue weighted by Gasteiger charge is 2.15.